The molecule has 0 N–H and O–H groups in total. The fourth-order valence-electron chi connectivity index (χ4n) is 0.770. The molecule has 1 aromatic rings. The summed E-state index contributed by atoms with van der Waals surface area (Å²) in [5, 5.41) is 0. The van der Waals surface area contributed by atoms with Gasteiger partial charge in [-0.3, -0.25) is 0 Å². The van der Waals surface area contributed by atoms with Crippen molar-refractivity contribution in [2.75, 3.05) is 14.2 Å². The summed E-state index contributed by atoms with van der Waals surface area (Å²) in [5.41, 5.74) is 0. The van der Waals surface area contributed by atoms with Crippen LogP contribution in [0.15, 0.2) is 34.1 Å². The Bertz CT molecular complexity index is 219. The molecule has 2 nitrogen and oxygen atoms in total. The van der Waals surface area contributed by atoms with E-state index in [4.69, 9.17) is 8.37 Å². The van der Waals surface area contributed by atoms with Crippen LogP contribution in [0.2, 0.25) is 0 Å². The highest BCUT2D eigenvalue weighted by Crippen LogP contribution is 2.24. The Morgan fingerprint density at radius 3 is 1.92 bits per heavy atom. The first-order valence-electron chi connectivity index (χ1n) is 3.38. The topological polar surface area (TPSA) is 18.5 Å². The van der Waals surface area contributed by atoms with Gasteiger partial charge in [-0.2, -0.15) is 0 Å². The van der Waals surface area contributed by atoms with Gasteiger partial charge in [0, 0.05) is 33.9 Å². The Kier molecular flexibility index (Phi) is 4.53. The second kappa shape index (κ2) is 5.48. The molecule has 0 saturated heterocycles. The number of hydrogen-bond acceptors (Lipinski definition) is 4. The average molecular weight is 202 g/mol. The van der Waals surface area contributed by atoms with Gasteiger partial charge in [-0.05, 0) is 18.2 Å². The van der Waals surface area contributed by atoms with Crippen molar-refractivity contribution in [3.63, 3.8) is 0 Å². The fourth-order valence-corrected chi connectivity index (χ4v) is 1.85. The highest BCUT2D eigenvalue weighted by atomic mass is 32.2. The second-order valence-electron chi connectivity index (χ2n) is 1.97. The third-order valence-corrected chi connectivity index (χ3v) is 2.39. The highest BCUT2D eigenvalue weighted by molar-refractivity contribution is 7.95. The van der Waals surface area contributed by atoms with Crippen LogP contribution in [0, 0.1) is 0 Å². The lowest BCUT2D eigenvalue weighted by Crippen LogP contribution is -1.75. The lowest BCUT2D eigenvalue weighted by atomic mass is 10.4. The van der Waals surface area contributed by atoms with Gasteiger partial charge in [0.2, 0.25) is 0 Å². The zero-order valence-corrected chi connectivity index (χ0v) is 8.58. The summed E-state index contributed by atoms with van der Waals surface area (Å²) in [5.74, 6) is 0. The van der Waals surface area contributed by atoms with Gasteiger partial charge in [0.05, 0.1) is 14.2 Å². The van der Waals surface area contributed by atoms with Crippen LogP contribution in [0.5, 0.6) is 0 Å². The molecule has 0 fully saturated rings. The van der Waals surface area contributed by atoms with Crippen molar-refractivity contribution in [2.24, 2.45) is 0 Å². The summed E-state index contributed by atoms with van der Waals surface area (Å²) in [6.45, 7) is 0. The minimum absolute atomic E-state index is 1.08. The number of hydrogen-bond donors (Lipinski definition) is 0. The molecule has 0 spiro atoms. The van der Waals surface area contributed by atoms with E-state index in [-0.39, 0.29) is 0 Å². The molecule has 0 amide bonds. The van der Waals surface area contributed by atoms with Gasteiger partial charge in [0.25, 0.3) is 0 Å². The van der Waals surface area contributed by atoms with E-state index in [9.17, 15) is 0 Å². The molecule has 0 bridgehead atoms. The molecular formula is C8H10O2S2. The summed E-state index contributed by atoms with van der Waals surface area (Å²) in [6, 6.07) is 7.98. The first-order chi connectivity index (χ1) is 5.86. The summed E-state index contributed by atoms with van der Waals surface area (Å²) < 4.78 is 9.86. The van der Waals surface area contributed by atoms with E-state index in [2.05, 4.69) is 0 Å². The maximum absolute atomic E-state index is 4.93. The van der Waals surface area contributed by atoms with E-state index in [0.717, 1.165) is 9.79 Å². The first-order valence-corrected chi connectivity index (χ1v) is 4.86. The quantitative estimate of drug-likeness (QED) is 0.698. The van der Waals surface area contributed by atoms with E-state index < -0.39 is 0 Å². The first kappa shape index (κ1) is 9.92. The summed E-state index contributed by atoms with van der Waals surface area (Å²) >= 11 is 2.69. The Hall–Kier alpha value is -0.160. The van der Waals surface area contributed by atoms with Gasteiger partial charge in [-0.25, -0.2) is 0 Å². The SMILES string of the molecule is COSc1cccc(SOC)c1. The molecule has 0 atom stereocenters. The molecular weight excluding hydrogens is 192 g/mol. The smallest absolute Gasteiger partial charge is 0.0508 e. The Morgan fingerprint density at radius 2 is 1.50 bits per heavy atom. The normalized spacial score (nSPS) is 10.2. The molecule has 66 valence electrons. The van der Waals surface area contributed by atoms with Crippen LogP contribution in [-0.4, -0.2) is 14.2 Å². The molecule has 4 heteroatoms. The lowest BCUT2D eigenvalue weighted by Gasteiger charge is -2.00. The zero-order chi connectivity index (χ0) is 8.81. The second-order valence-corrected chi connectivity index (χ2v) is 3.92. The van der Waals surface area contributed by atoms with Crippen LogP contribution in [0.1, 0.15) is 0 Å². The van der Waals surface area contributed by atoms with Crippen LogP contribution in [0.4, 0.5) is 0 Å². The van der Waals surface area contributed by atoms with Crippen molar-refractivity contribution in [2.45, 2.75) is 9.79 Å². The number of rotatable bonds is 4. The van der Waals surface area contributed by atoms with E-state index >= 15 is 0 Å². The van der Waals surface area contributed by atoms with Gasteiger partial charge in [-0.15, -0.1) is 0 Å². The van der Waals surface area contributed by atoms with Crippen molar-refractivity contribution in [3.8, 4) is 0 Å². The lowest BCUT2D eigenvalue weighted by molar-refractivity contribution is 0.488. The fraction of sp³-hybridized carbons (Fsp3) is 0.250. The minimum Gasteiger partial charge on any atom is -0.314 e. The molecule has 1 aromatic carbocycles. The highest BCUT2D eigenvalue weighted by Gasteiger charge is 1.96. The third-order valence-electron chi connectivity index (χ3n) is 1.16. The Balaban J connectivity index is 2.67. The molecule has 0 aromatic heterocycles. The average Bonchev–Trinajstić information content (AvgIpc) is 2.06. The maximum Gasteiger partial charge on any atom is 0.0508 e. The predicted molar refractivity (Wildman–Crippen MR) is 52.2 cm³/mol. The number of benzene rings is 1. The predicted octanol–water partition coefficient (Wildman–Crippen LogP) is 2.99. The van der Waals surface area contributed by atoms with Crippen LogP contribution in [-0.2, 0) is 8.37 Å². The van der Waals surface area contributed by atoms with Crippen LogP contribution >= 0.6 is 24.1 Å². The summed E-state index contributed by atoms with van der Waals surface area (Å²) in [7, 11) is 3.31. The maximum atomic E-state index is 4.93. The van der Waals surface area contributed by atoms with E-state index in [1.54, 1.807) is 14.2 Å². The van der Waals surface area contributed by atoms with E-state index in [1.165, 1.54) is 24.1 Å². The molecule has 1 rings (SSSR count). The van der Waals surface area contributed by atoms with E-state index in [1.807, 2.05) is 24.3 Å². The molecule has 0 radical (unpaired) electrons. The van der Waals surface area contributed by atoms with Crippen molar-refractivity contribution in [3.05, 3.63) is 24.3 Å². The zero-order valence-electron chi connectivity index (χ0n) is 6.94. The van der Waals surface area contributed by atoms with Crippen molar-refractivity contribution in [1.82, 2.24) is 0 Å². The van der Waals surface area contributed by atoms with Gasteiger partial charge < -0.3 is 8.37 Å². The molecule has 12 heavy (non-hydrogen) atoms. The Morgan fingerprint density at radius 1 is 1.00 bits per heavy atom. The van der Waals surface area contributed by atoms with Gasteiger partial charge in [-0.1, -0.05) is 6.07 Å². The molecule has 0 aliphatic carbocycles. The van der Waals surface area contributed by atoms with Crippen molar-refractivity contribution in [1.29, 1.82) is 0 Å². The standard InChI is InChI=1S/C8H10O2S2/c1-9-11-7-4-3-5-8(6-7)12-10-2/h3-6H,1-2H3. The van der Waals surface area contributed by atoms with Gasteiger partial charge >= 0.3 is 0 Å². The van der Waals surface area contributed by atoms with Crippen LogP contribution < -0.4 is 0 Å². The Labute approximate surface area is 81.1 Å². The molecule has 0 aliphatic heterocycles. The third kappa shape index (κ3) is 3.06. The monoisotopic (exact) mass is 202 g/mol. The molecule has 0 saturated carbocycles. The summed E-state index contributed by atoms with van der Waals surface area (Å²) in [6.07, 6.45) is 0. The molecule has 0 aliphatic rings. The van der Waals surface area contributed by atoms with Crippen LogP contribution in [0.3, 0.4) is 0 Å². The van der Waals surface area contributed by atoms with E-state index in [0.29, 0.717) is 0 Å². The van der Waals surface area contributed by atoms with Crippen molar-refractivity contribution >= 4 is 24.1 Å². The van der Waals surface area contributed by atoms with Gasteiger partial charge in [0.15, 0.2) is 0 Å². The largest absolute Gasteiger partial charge is 0.314 e. The van der Waals surface area contributed by atoms with Crippen LogP contribution in [0.25, 0.3) is 0 Å². The van der Waals surface area contributed by atoms with Crippen molar-refractivity contribution < 1.29 is 8.37 Å². The van der Waals surface area contributed by atoms with Gasteiger partial charge in [0.1, 0.15) is 0 Å². The minimum atomic E-state index is 1.08. The molecule has 0 unspecified atom stereocenters. The molecule has 0 heterocycles. The summed E-state index contributed by atoms with van der Waals surface area (Å²) in [4.78, 5) is 2.17.